The summed E-state index contributed by atoms with van der Waals surface area (Å²) in [7, 11) is -2.09. The molecule has 0 N–H and O–H groups in total. The first kappa shape index (κ1) is 26.2. The van der Waals surface area contributed by atoms with Crippen molar-refractivity contribution in [2.45, 2.75) is 72.1 Å². The van der Waals surface area contributed by atoms with E-state index in [2.05, 4.69) is 23.4 Å². The third-order valence-corrected chi connectivity index (χ3v) is 8.68. The Morgan fingerprint density at radius 2 is 1.70 bits per heavy atom. The van der Waals surface area contributed by atoms with Crippen LogP contribution in [0.4, 0.5) is 0 Å². The van der Waals surface area contributed by atoms with Gasteiger partial charge in [0.15, 0.2) is 0 Å². The van der Waals surface area contributed by atoms with Crippen molar-refractivity contribution < 1.29 is 38.7 Å². The van der Waals surface area contributed by atoms with Crippen LogP contribution in [-0.4, -0.2) is 17.6 Å². The fourth-order valence-electron chi connectivity index (χ4n) is 5.57. The number of aryl methyl sites for hydroxylation is 2. The summed E-state index contributed by atoms with van der Waals surface area (Å²) in [5, 5.41) is 1.99. The Morgan fingerprint density at radius 3 is 2.45 bits per heavy atom. The van der Waals surface area contributed by atoms with Crippen LogP contribution in [0.5, 0.6) is 0 Å². The SMILES string of the molecule is [2H]C([2H])(C)[n+]1[c-]n(-c2[c-]ccc(C([2H])([2H])[Si](C)(C)C)c2)c2ccccc21.[2H]C([2H])([2H])c1cc(-c2[c-]ccc3c2oc2ccccc23)ncc1C(C)(C)C.[Ir+3]. The Morgan fingerprint density at radius 1 is 0.957 bits per heavy atom. The Labute approximate surface area is 303 Å². The number of para-hydroxylation sites is 3. The second-order valence-corrected chi connectivity index (χ2v) is 18.1. The topological polar surface area (TPSA) is 34.8 Å². The quantitative estimate of drug-likeness (QED) is 0.0985. The Bertz CT molecular complexity index is 2450. The second-order valence-electron chi connectivity index (χ2n) is 13.4. The Hall–Kier alpha value is -3.83. The largest absolute Gasteiger partial charge is 3.00 e. The second kappa shape index (κ2) is 13.7. The van der Waals surface area contributed by atoms with E-state index in [4.69, 9.17) is 14.0 Å². The molecule has 0 bridgehead atoms. The van der Waals surface area contributed by atoms with Crippen molar-refractivity contribution in [2.24, 2.45) is 0 Å². The Balaban J connectivity index is 0.000000204. The van der Waals surface area contributed by atoms with Crippen molar-refractivity contribution in [1.82, 2.24) is 9.55 Å². The molecule has 0 aliphatic carbocycles. The van der Waals surface area contributed by atoms with E-state index in [9.17, 15) is 0 Å². The summed E-state index contributed by atoms with van der Waals surface area (Å²) in [6, 6.07) is 32.4. The van der Waals surface area contributed by atoms with Crippen LogP contribution in [0.15, 0.2) is 95.5 Å². The fourth-order valence-corrected chi connectivity index (χ4v) is 6.59. The van der Waals surface area contributed by atoms with Gasteiger partial charge < -0.3 is 18.5 Å². The molecule has 0 amide bonds. The number of imidazole rings is 1. The van der Waals surface area contributed by atoms with Gasteiger partial charge >= 0.3 is 20.1 Å². The summed E-state index contributed by atoms with van der Waals surface area (Å²) in [4.78, 5) is 4.57. The van der Waals surface area contributed by atoms with E-state index in [-0.39, 0.29) is 25.5 Å². The number of hydrogen-bond acceptors (Lipinski definition) is 2. The maximum Gasteiger partial charge on any atom is 3.00 e. The molecule has 4 aromatic carbocycles. The molecule has 0 aliphatic rings. The van der Waals surface area contributed by atoms with Crippen LogP contribution in [0.25, 0.3) is 49.9 Å². The summed E-state index contributed by atoms with van der Waals surface area (Å²) in [5.41, 5.74) is 6.24. The van der Waals surface area contributed by atoms with Crippen LogP contribution in [0.3, 0.4) is 0 Å². The molecule has 240 valence electrons. The van der Waals surface area contributed by atoms with E-state index in [0.29, 0.717) is 33.7 Å². The predicted molar refractivity (Wildman–Crippen MR) is 193 cm³/mol. The minimum atomic E-state index is -2.22. The zero-order chi connectivity index (χ0) is 38.7. The minimum absolute atomic E-state index is 0. The van der Waals surface area contributed by atoms with Gasteiger partial charge in [-0.05, 0) is 36.5 Å². The number of benzene rings is 4. The van der Waals surface area contributed by atoms with Crippen LogP contribution in [0.1, 0.15) is 54.0 Å². The molecule has 7 rings (SSSR count). The van der Waals surface area contributed by atoms with Crippen LogP contribution in [0.2, 0.25) is 19.6 Å². The monoisotopic (exact) mass is 821 g/mol. The summed E-state index contributed by atoms with van der Waals surface area (Å²) >= 11 is 0. The maximum atomic E-state index is 8.58. The van der Waals surface area contributed by atoms with Gasteiger partial charge in [0.25, 0.3) is 0 Å². The molecule has 0 saturated carbocycles. The maximum absolute atomic E-state index is 8.58. The van der Waals surface area contributed by atoms with Gasteiger partial charge in [-0.3, -0.25) is 0 Å². The van der Waals surface area contributed by atoms with Gasteiger partial charge in [-0.25, -0.2) is 0 Å². The molecule has 0 unspecified atom stereocenters. The zero-order valence-electron chi connectivity index (χ0n) is 34.7. The molecule has 0 aliphatic heterocycles. The standard InChI is InChI=1S/C22H20NO.C19H23N2Si.Ir/c1-14-12-19(23-13-18(14)22(2,3)4)17-10-7-9-16-15-8-5-6-11-20(15)24-21(16)17;1-5-20-15-21(19-12-7-6-11-18(19)20)17-10-8-9-16(13-17)14-22(2,3)4;/h5-9,11-13H,1-4H3;6-9,11-13H,5,14H2,1-4H3;/q2*-1;+3/i1D3;5D2,14D2;. The molecule has 3 aromatic heterocycles. The first-order chi connectivity index (χ1) is 24.6. The van der Waals surface area contributed by atoms with E-state index >= 15 is 0 Å². The van der Waals surface area contributed by atoms with E-state index in [1.165, 1.54) is 11.5 Å². The number of aromatic nitrogens is 3. The van der Waals surface area contributed by atoms with Gasteiger partial charge in [0.05, 0.1) is 25.9 Å². The molecule has 4 nitrogen and oxygen atoms in total. The molecule has 6 heteroatoms. The zero-order valence-corrected chi connectivity index (χ0v) is 31.1. The number of hydrogen-bond donors (Lipinski definition) is 0. The average Bonchev–Trinajstić information content (AvgIpc) is 3.67. The molecule has 0 saturated heterocycles. The van der Waals surface area contributed by atoms with Gasteiger partial charge in [0, 0.05) is 26.5 Å². The molecule has 0 spiro atoms. The fraction of sp³-hybridized carbons (Fsp3) is 0.268. The smallest absolute Gasteiger partial charge is 0.501 e. The van der Waals surface area contributed by atoms with Gasteiger partial charge in [-0.15, -0.1) is 18.2 Å². The van der Waals surface area contributed by atoms with E-state index in [0.717, 1.165) is 33.0 Å². The van der Waals surface area contributed by atoms with Crippen molar-refractivity contribution in [3.8, 4) is 16.9 Å². The number of rotatable bonds is 5. The summed E-state index contributed by atoms with van der Waals surface area (Å²) in [6.07, 6.45) is 4.75. The van der Waals surface area contributed by atoms with Crippen molar-refractivity contribution >= 4 is 41.0 Å². The first-order valence-corrected chi connectivity index (χ1v) is 18.9. The van der Waals surface area contributed by atoms with Crippen molar-refractivity contribution in [1.29, 1.82) is 0 Å². The van der Waals surface area contributed by atoms with Crippen molar-refractivity contribution in [3.05, 3.63) is 126 Å². The van der Waals surface area contributed by atoms with Crippen LogP contribution >= 0.6 is 0 Å². The van der Waals surface area contributed by atoms with Crippen LogP contribution < -0.4 is 4.57 Å². The third kappa shape index (κ3) is 7.36. The first-order valence-electron chi connectivity index (χ1n) is 18.9. The van der Waals surface area contributed by atoms with E-state index in [1.807, 2.05) is 101 Å². The van der Waals surface area contributed by atoms with E-state index in [1.54, 1.807) is 35.0 Å². The Kier molecular flexibility index (Phi) is 7.64. The minimum Gasteiger partial charge on any atom is -0.501 e. The average molecular weight is 821 g/mol. The predicted octanol–water partition coefficient (Wildman–Crippen LogP) is 10.0. The summed E-state index contributed by atoms with van der Waals surface area (Å²) < 4.78 is 66.5. The number of pyridine rings is 1. The van der Waals surface area contributed by atoms with Gasteiger partial charge in [-0.2, -0.15) is 29.8 Å². The van der Waals surface area contributed by atoms with Gasteiger partial charge in [0.1, 0.15) is 5.58 Å². The molecule has 7 aromatic rings. The molecule has 0 radical (unpaired) electrons. The third-order valence-electron chi connectivity index (χ3n) is 7.64. The molecule has 0 atom stereocenters. The van der Waals surface area contributed by atoms with Crippen LogP contribution in [-0.2, 0) is 38.0 Å². The molecule has 3 heterocycles. The summed E-state index contributed by atoms with van der Waals surface area (Å²) in [6.45, 7) is 9.68. The summed E-state index contributed by atoms with van der Waals surface area (Å²) in [5.74, 6) is -1.38. The van der Waals surface area contributed by atoms with Gasteiger partial charge in [-0.1, -0.05) is 117 Å². The number of furan rings is 1. The van der Waals surface area contributed by atoms with Crippen molar-refractivity contribution in [3.63, 3.8) is 0 Å². The molecular weight excluding hydrogens is 771 g/mol. The van der Waals surface area contributed by atoms with Gasteiger partial charge in [0.2, 0.25) is 6.33 Å². The molecular formula is C41H43IrN3OSi+. The number of nitrogens with zero attached hydrogens (tertiary/aromatic N) is 3. The van der Waals surface area contributed by atoms with Crippen molar-refractivity contribution in [2.75, 3.05) is 0 Å². The van der Waals surface area contributed by atoms with E-state index < -0.39 is 27.4 Å². The normalized spacial score (nSPS) is 14.9. The van der Waals surface area contributed by atoms with Crippen LogP contribution in [0, 0.1) is 25.3 Å². The molecule has 0 fully saturated rings. The molecule has 47 heavy (non-hydrogen) atoms. The number of fused-ring (bicyclic) bond motifs is 4.